The van der Waals surface area contributed by atoms with Crippen molar-refractivity contribution in [1.29, 1.82) is 0 Å². The number of aromatic nitrogens is 3. The molecule has 1 N–H and O–H groups in total. The Balaban J connectivity index is 1.33. The van der Waals surface area contributed by atoms with Gasteiger partial charge in [-0.2, -0.15) is 4.31 Å². The monoisotopic (exact) mass is 421 g/mol. The fourth-order valence-corrected chi connectivity index (χ4v) is 5.40. The van der Waals surface area contributed by atoms with Crippen LogP contribution in [0.15, 0.2) is 23.1 Å². The molecule has 29 heavy (non-hydrogen) atoms. The van der Waals surface area contributed by atoms with Crippen LogP contribution in [0.25, 0.3) is 11.0 Å². The summed E-state index contributed by atoms with van der Waals surface area (Å²) in [6.07, 6.45) is 5.03. The van der Waals surface area contributed by atoms with Crippen molar-refractivity contribution in [2.45, 2.75) is 56.1 Å². The van der Waals surface area contributed by atoms with Gasteiger partial charge < -0.3 is 10.1 Å². The molecule has 4 rings (SSSR count). The molecule has 0 aliphatic carbocycles. The van der Waals surface area contributed by atoms with Crippen LogP contribution in [0.1, 0.15) is 38.5 Å². The van der Waals surface area contributed by atoms with E-state index in [1.54, 1.807) is 22.9 Å². The summed E-state index contributed by atoms with van der Waals surface area (Å²) in [5, 5.41) is 11.2. The van der Waals surface area contributed by atoms with Crippen LogP contribution >= 0.6 is 0 Å². The molecule has 2 aliphatic rings. The molecule has 0 spiro atoms. The predicted molar refractivity (Wildman–Crippen MR) is 107 cm³/mol. The lowest BCUT2D eigenvalue weighted by Gasteiger charge is -2.15. The number of carbonyl (C=O) groups excluding carboxylic acids is 1. The van der Waals surface area contributed by atoms with Crippen molar-refractivity contribution in [3.05, 3.63) is 18.2 Å². The Hall–Kier alpha value is -2.04. The molecule has 0 radical (unpaired) electrons. The number of hydrogen-bond donors (Lipinski definition) is 1. The number of sulfonamides is 1. The van der Waals surface area contributed by atoms with Crippen LogP contribution in [0.3, 0.4) is 0 Å². The molecule has 3 heterocycles. The highest BCUT2D eigenvalue weighted by molar-refractivity contribution is 7.89. The molecule has 0 bridgehead atoms. The number of nitrogens with one attached hydrogen (secondary N) is 1. The summed E-state index contributed by atoms with van der Waals surface area (Å²) in [4.78, 5) is 12.2. The maximum absolute atomic E-state index is 12.7. The van der Waals surface area contributed by atoms with Gasteiger partial charge in [-0.15, -0.1) is 5.10 Å². The zero-order chi connectivity index (χ0) is 20.3. The maximum Gasteiger partial charge on any atom is 0.243 e. The molecule has 0 unspecified atom stereocenters. The Morgan fingerprint density at radius 3 is 2.83 bits per heavy atom. The van der Waals surface area contributed by atoms with Gasteiger partial charge in [-0.05, 0) is 50.3 Å². The molecule has 1 aromatic heterocycles. The van der Waals surface area contributed by atoms with E-state index in [9.17, 15) is 13.2 Å². The molecule has 1 atom stereocenters. The summed E-state index contributed by atoms with van der Waals surface area (Å²) in [5.74, 6) is 0.00362. The second-order valence-corrected chi connectivity index (χ2v) is 9.55. The fourth-order valence-electron chi connectivity index (χ4n) is 3.87. The molecule has 1 amide bonds. The van der Waals surface area contributed by atoms with Crippen molar-refractivity contribution in [1.82, 2.24) is 24.6 Å². The van der Waals surface area contributed by atoms with Crippen molar-refractivity contribution in [3.8, 4) is 0 Å². The van der Waals surface area contributed by atoms with E-state index in [0.29, 0.717) is 44.5 Å². The molecule has 2 fully saturated rings. The standard InChI is InChI=1S/C19H27N5O4S/c25-19(20-14-15-5-4-12-28-15)6-3-11-24-18-8-7-16(13-17(18)21-22-24)29(26,27)23-9-1-2-10-23/h7-8,13,15H,1-6,9-12,14H2,(H,20,25)/t15-/m0/s1. The van der Waals surface area contributed by atoms with Crippen LogP contribution < -0.4 is 5.32 Å². The number of amides is 1. The molecular formula is C19H27N5O4S. The first kappa shape index (κ1) is 20.2. The van der Waals surface area contributed by atoms with Crippen molar-refractivity contribution in [2.24, 2.45) is 0 Å². The highest BCUT2D eigenvalue weighted by Crippen LogP contribution is 2.23. The number of nitrogens with zero attached hydrogens (tertiary/aromatic N) is 4. The molecule has 0 saturated carbocycles. The summed E-state index contributed by atoms with van der Waals surface area (Å²) in [7, 11) is -3.47. The largest absolute Gasteiger partial charge is 0.376 e. The average Bonchev–Trinajstić information content (AvgIpc) is 3.47. The van der Waals surface area contributed by atoms with Gasteiger partial charge >= 0.3 is 0 Å². The molecule has 2 aromatic rings. The smallest absolute Gasteiger partial charge is 0.243 e. The summed E-state index contributed by atoms with van der Waals surface area (Å²) in [6, 6.07) is 4.95. The third-order valence-corrected chi connectivity index (χ3v) is 7.41. The first-order valence-electron chi connectivity index (χ1n) is 10.3. The lowest BCUT2D eigenvalue weighted by molar-refractivity contribution is -0.121. The topological polar surface area (TPSA) is 106 Å². The SMILES string of the molecule is O=C(CCCn1nnc2cc(S(=O)(=O)N3CCCC3)ccc21)NC[C@@H]1CCCO1. The Morgan fingerprint density at radius 2 is 2.07 bits per heavy atom. The molecule has 9 nitrogen and oxygen atoms in total. The Kier molecular flexibility index (Phi) is 6.12. The van der Waals surface area contributed by atoms with Crippen LogP contribution in [0, 0.1) is 0 Å². The van der Waals surface area contributed by atoms with Gasteiger partial charge in [0, 0.05) is 39.2 Å². The van der Waals surface area contributed by atoms with Crippen LogP contribution in [0.2, 0.25) is 0 Å². The average molecular weight is 422 g/mol. The Bertz CT molecular complexity index is 962. The quantitative estimate of drug-likeness (QED) is 0.688. The highest BCUT2D eigenvalue weighted by atomic mass is 32.2. The minimum absolute atomic E-state index is 0.00362. The Labute approximate surface area is 170 Å². The van der Waals surface area contributed by atoms with E-state index >= 15 is 0 Å². The third-order valence-electron chi connectivity index (χ3n) is 5.51. The number of fused-ring (bicyclic) bond motifs is 1. The number of carbonyl (C=O) groups is 1. The van der Waals surface area contributed by atoms with Crippen LogP contribution in [0.4, 0.5) is 0 Å². The van der Waals surface area contributed by atoms with Gasteiger partial charge in [0.2, 0.25) is 15.9 Å². The minimum atomic E-state index is -3.47. The fraction of sp³-hybridized carbons (Fsp3) is 0.632. The molecule has 158 valence electrons. The summed E-state index contributed by atoms with van der Waals surface area (Å²) >= 11 is 0. The van der Waals surface area contributed by atoms with Gasteiger partial charge in [0.05, 0.1) is 16.5 Å². The number of aryl methyl sites for hydroxylation is 1. The van der Waals surface area contributed by atoms with E-state index in [4.69, 9.17) is 4.74 Å². The summed E-state index contributed by atoms with van der Waals surface area (Å²) in [5.41, 5.74) is 1.32. The minimum Gasteiger partial charge on any atom is -0.376 e. The molecule has 10 heteroatoms. The predicted octanol–water partition coefficient (Wildman–Crippen LogP) is 1.29. The first-order valence-corrected chi connectivity index (χ1v) is 11.7. The first-order chi connectivity index (χ1) is 14.0. The van der Waals surface area contributed by atoms with Crippen molar-refractivity contribution in [2.75, 3.05) is 26.2 Å². The van der Waals surface area contributed by atoms with E-state index in [2.05, 4.69) is 15.6 Å². The molecule has 1 aromatic carbocycles. The van der Waals surface area contributed by atoms with E-state index in [1.807, 2.05) is 0 Å². The third kappa shape index (κ3) is 4.59. The highest BCUT2D eigenvalue weighted by Gasteiger charge is 2.27. The number of hydrogen-bond acceptors (Lipinski definition) is 6. The second kappa shape index (κ2) is 8.76. The van der Waals surface area contributed by atoms with Gasteiger partial charge in [0.15, 0.2) is 0 Å². The van der Waals surface area contributed by atoms with E-state index in [1.165, 1.54) is 4.31 Å². The van der Waals surface area contributed by atoms with E-state index in [-0.39, 0.29) is 16.9 Å². The van der Waals surface area contributed by atoms with Crippen LogP contribution in [0.5, 0.6) is 0 Å². The van der Waals surface area contributed by atoms with Crippen LogP contribution in [-0.4, -0.2) is 66.0 Å². The van der Waals surface area contributed by atoms with Crippen LogP contribution in [-0.2, 0) is 26.1 Å². The Morgan fingerprint density at radius 1 is 1.24 bits per heavy atom. The molecule has 2 saturated heterocycles. The summed E-state index contributed by atoms with van der Waals surface area (Å²) < 4.78 is 34.1. The lowest BCUT2D eigenvalue weighted by Crippen LogP contribution is -2.31. The van der Waals surface area contributed by atoms with Gasteiger partial charge in [0.25, 0.3) is 0 Å². The normalized spacial score (nSPS) is 20.5. The van der Waals surface area contributed by atoms with E-state index < -0.39 is 10.0 Å². The number of benzene rings is 1. The van der Waals surface area contributed by atoms with Gasteiger partial charge in [-0.25, -0.2) is 13.1 Å². The van der Waals surface area contributed by atoms with E-state index in [0.717, 1.165) is 37.8 Å². The zero-order valence-electron chi connectivity index (χ0n) is 16.4. The molecular weight excluding hydrogens is 394 g/mol. The van der Waals surface area contributed by atoms with Gasteiger partial charge in [-0.3, -0.25) is 4.79 Å². The van der Waals surface area contributed by atoms with Crippen molar-refractivity contribution < 1.29 is 17.9 Å². The lowest BCUT2D eigenvalue weighted by atomic mass is 10.2. The number of rotatable bonds is 8. The number of ether oxygens (including phenoxy) is 1. The summed E-state index contributed by atoms with van der Waals surface area (Å²) in [6.45, 7) is 3.03. The van der Waals surface area contributed by atoms with Gasteiger partial charge in [0.1, 0.15) is 5.52 Å². The molecule has 2 aliphatic heterocycles. The van der Waals surface area contributed by atoms with Crippen molar-refractivity contribution >= 4 is 27.0 Å². The zero-order valence-corrected chi connectivity index (χ0v) is 17.2. The maximum atomic E-state index is 12.7. The van der Waals surface area contributed by atoms with Gasteiger partial charge in [-0.1, -0.05) is 5.21 Å². The van der Waals surface area contributed by atoms with Crippen molar-refractivity contribution in [3.63, 3.8) is 0 Å². The second-order valence-electron chi connectivity index (χ2n) is 7.62.